The molecule has 2 atom stereocenters. The zero-order valence-corrected chi connectivity index (χ0v) is 12.1. The summed E-state index contributed by atoms with van der Waals surface area (Å²) in [6, 6.07) is -0.202. The average Bonchev–Trinajstić information content (AvgIpc) is 2.67. The Morgan fingerprint density at radius 2 is 1.90 bits per heavy atom. The number of rotatable bonds is 4. The molecule has 0 aromatic carbocycles. The fraction of sp³-hybridized carbons (Fsp3) is 0.923. The fourth-order valence-electron chi connectivity index (χ4n) is 2.33. The number of carbonyl (C=O) groups excluding carboxylic acids is 1. The minimum atomic E-state index is -4.20. The van der Waals surface area contributed by atoms with E-state index in [9.17, 15) is 18.0 Å². The van der Waals surface area contributed by atoms with Crippen molar-refractivity contribution in [2.24, 2.45) is 5.92 Å². The molecule has 0 aromatic heterocycles. The van der Waals surface area contributed by atoms with Crippen LogP contribution in [0.3, 0.4) is 0 Å². The van der Waals surface area contributed by atoms with Crippen molar-refractivity contribution in [1.82, 2.24) is 10.6 Å². The van der Waals surface area contributed by atoms with E-state index in [0.717, 1.165) is 12.8 Å². The van der Waals surface area contributed by atoms with E-state index in [4.69, 9.17) is 4.74 Å². The lowest BCUT2D eigenvalue weighted by atomic mass is 10.0. The molecule has 1 amide bonds. The van der Waals surface area contributed by atoms with Gasteiger partial charge in [0.25, 0.3) is 0 Å². The van der Waals surface area contributed by atoms with Crippen molar-refractivity contribution in [3.05, 3.63) is 0 Å². The van der Waals surface area contributed by atoms with Gasteiger partial charge in [-0.2, -0.15) is 13.2 Å². The maximum atomic E-state index is 12.2. The lowest BCUT2D eigenvalue weighted by molar-refractivity contribution is -0.126. The minimum Gasteiger partial charge on any atom is -0.444 e. The lowest BCUT2D eigenvalue weighted by Gasteiger charge is -2.24. The molecule has 118 valence electrons. The summed E-state index contributed by atoms with van der Waals surface area (Å²) in [5.41, 5.74) is -0.576. The molecule has 0 heterocycles. The molecular formula is C13H23F3N2O2. The standard InChI is InChI=1S/C13H23F3N2O2/c1-12(2,3)20-11(19)17-7-9-5-4-6-10(9)18-8-13(14,15)16/h9-10,18H,4-8H2,1-3H3,(H,17,19). The van der Waals surface area contributed by atoms with E-state index < -0.39 is 24.4 Å². The number of ether oxygens (including phenoxy) is 1. The van der Waals surface area contributed by atoms with E-state index in [0.29, 0.717) is 13.0 Å². The summed E-state index contributed by atoms with van der Waals surface area (Å²) in [4.78, 5) is 11.5. The number of halogens is 3. The van der Waals surface area contributed by atoms with Gasteiger partial charge in [-0.3, -0.25) is 0 Å². The Morgan fingerprint density at radius 1 is 1.25 bits per heavy atom. The van der Waals surface area contributed by atoms with Crippen molar-refractivity contribution >= 4 is 6.09 Å². The van der Waals surface area contributed by atoms with Crippen molar-refractivity contribution in [1.29, 1.82) is 0 Å². The Morgan fingerprint density at radius 3 is 2.45 bits per heavy atom. The van der Waals surface area contributed by atoms with Crippen LogP contribution in [0.5, 0.6) is 0 Å². The highest BCUT2D eigenvalue weighted by Crippen LogP contribution is 2.26. The Labute approximate surface area is 117 Å². The largest absolute Gasteiger partial charge is 0.444 e. The second-order valence-corrected chi connectivity index (χ2v) is 6.18. The number of amides is 1. The van der Waals surface area contributed by atoms with Gasteiger partial charge in [0.2, 0.25) is 0 Å². The number of hydrogen-bond acceptors (Lipinski definition) is 3. The number of alkyl halides is 3. The van der Waals surface area contributed by atoms with Crippen molar-refractivity contribution in [3.63, 3.8) is 0 Å². The molecule has 1 aliphatic carbocycles. The highest BCUT2D eigenvalue weighted by atomic mass is 19.4. The smallest absolute Gasteiger partial charge is 0.407 e. The highest BCUT2D eigenvalue weighted by Gasteiger charge is 2.33. The molecule has 0 radical (unpaired) electrons. The van der Waals surface area contributed by atoms with Crippen LogP contribution in [0.15, 0.2) is 0 Å². The Balaban J connectivity index is 2.33. The summed E-state index contributed by atoms with van der Waals surface area (Å²) in [7, 11) is 0. The van der Waals surface area contributed by atoms with Crippen LogP contribution in [0.1, 0.15) is 40.0 Å². The number of carbonyl (C=O) groups is 1. The molecule has 2 N–H and O–H groups in total. The molecule has 0 aromatic rings. The van der Waals surface area contributed by atoms with E-state index in [1.165, 1.54) is 0 Å². The van der Waals surface area contributed by atoms with Crippen LogP contribution in [-0.2, 0) is 4.74 Å². The van der Waals surface area contributed by atoms with Crippen molar-refractivity contribution in [3.8, 4) is 0 Å². The van der Waals surface area contributed by atoms with Gasteiger partial charge in [0.15, 0.2) is 0 Å². The quantitative estimate of drug-likeness (QED) is 0.838. The van der Waals surface area contributed by atoms with Crippen molar-refractivity contribution < 1.29 is 22.7 Å². The van der Waals surface area contributed by atoms with Crippen LogP contribution in [0.2, 0.25) is 0 Å². The maximum Gasteiger partial charge on any atom is 0.407 e. The Bertz CT molecular complexity index is 327. The zero-order valence-electron chi connectivity index (χ0n) is 12.1. The third-order valence-electron chi connectivity index (χ3n) is 3.13. The van der Waals surface area contributed by atoms with Crippen LogP contribution < -0.4 is 10.6 Å². The predicted octanol–water partition coefficient (Wildman–Crippen LogP) is 2.83. The van der Waals surface area contributed by atoms with E-state index in [2.05, 4.69) is 10.6 Å². The first kappa shape index (κ1) is 17.1. The Kier molecular flexibility index (Phi) is 5.68. The van der Waals surface area contributed by atoms with Gasteiger partial charge in [-0.1, -0.05) is 6.42 Å². The third-order valence-corrected chi connectivity index (χ3v) is 3.13. The van der Waals surface area contributed by atoms with Crippen molar-refractivity contribution in [2.75, 3.05) is 13.1 Å². The first-order valence-electron chi connectivity index (χ1n) is 6.84. The van der Waals surface area contributed by atoms with E-state index >= 15 is 0 Å². The van der Waals surface area contributed by atoms with Gasteiger partial charge in [0.1, 0.15) is 5.60 Å². The summed E-state index contributed by atoms with van der Waals surface area (Å²) in [6.45, 7) is 4.63. The normalized spacial score (nSPS) is 23.7. The monoisotopic (exact) mass is 296 g/mol. The maximum absolute atomic E-state index is 12.2. The SMILES string of the molecule is CC(C)(C)OC(=O)NCC1CCCC1NCC(F)(F)F. The van der Waals surface area contributed by atoms with Crippen LogP contribution in [0, 0.1) is 5.92 Å². The van der Waals surface area contributed by atoms with Crippen LogP contribution in [-0.4, -0.2) is 37.0 Å². The summed E-state index contributed by atoms with van der Waals surface area (Å²) >= 11 is 0. The average molecular weight is 296 g/mol. The second kappa shape index (κ2) is 6.65. The third kappa shape index (κ3) is 6.98. The molecule has 2 unspecified atom stereocenters. The van der Waals surface area contributed by atoms with Crippen LogP contribution in [0.25, 0.3) is 0 Å². The summed E-state index contributed by atoms with van der Waals surface area (Å²) in [5.74, 6) is 0.0184. The molecule has 4 nitrogen and oxygen atoms in total. The van der Waals surface area contributed by atoms with Crippen molar-refractivity contribution in [2.45, 2.75) is 57.9 Å². The van der Waals surface area contributed by atoms with E-state index in [1.54, 1.807) is 20.8 Å². The molecule has 1 saturated carbocycles. The zero-order chi connectivity index (χ0) is 15.4. The fourth-order valence-corrected chi connectivity index (χ4v) is 2.33. The molecule has 1 fully saturated rings. The summed E-state index contributed by atoms with van der Waals surface area (Å²) in [5, 5.41) is 5.15. The van der Waals surface area contributed by atoms with E-state index in [-0.39, 0.29) is 12.0 Å². The van der Waals surface area contributed by atoms with E-state index in [1.807, 2.05) is 0 Å². The lowest BCUT2D eigenvalue weighted by Crippen LogP contribution is -2.43. The van der Waals surface area contributed by atoms with Gasteiger partial charge in [0.05, 0.1) is 6.54 Å². The number of nitrogens with one attached hydrogen (secondary N) is 2. The molecule has 1 rings (SSSR count). The van der Waals surface area contributed by atoms with Gasteiger partial charge < -0.3 is 15.4 Å². The topological polar surface area (TPSA) is 50.4 Å². The summed E-state index contributed by atoms with van der Waals surface area (Å²) in [6.07, 6.45) is -2.34. The highest BCUT2D eigenvalue weighted by molar-refractivity contribution is 5.67. The molecule has 20 heavy (non-hydrogen) atoms. The van der Waals surface area contributed by atoms with Gasteiger partial charge >= 0.3 is 12.3 Å². The van der Waals surface area contributed by atoms with Crippen LogP contribution in [0.4, 0.5) is 18.0 Å². The molecule has 0 aliphatic heterocycles. The van der Waals surface area contributed by atoms with Gasteiger partial charge in [-0.05, 0) is 39.5 Å². The number of hydrogen-bond donors (Lipinski definition) is 2. The van der Waals surface area contributed by atoms with Crippen LogP contribution >= 0.6 is 0 Å². The number of alkyl carbamates (subject to hydrolysis) is 1. The Hall–Kier alpha value is -0.980. The molecule has 1 aliphatic rings. The van der Waals surface area contributed by atoms with Gasteiger partial charge in [0, 0.05) is 12.6 Å². The first-order valence-corrected chi connectivity index (χ1v) is 6.84. The predicted molar refractivity (Wildman–Crippen MR) is 69.4 cm³/mol. The first-order chi connectivity index (χ1) is 9.07. The molecule has 0 bridgehead atoms. The minimum absolute atomic E-state index is 0.0184. The molecule has 7 heteroatoms. The molecule has 0 saturated heterocycles. The second-order valence-electron chi connectivity index (χ2n) is 6.18. The summed E-state index contributed by atoms with van der Waals surface area (Å²) < 4.78 is 41.6. The molecular weight excluding hydrogens is 273 g/mol. The molecule has 0 spiro atoms. The van der Waals surface area contributed by atoms with Gasteiger partial charge in [-0.25, -0.2) is 4.79 Å². The van der Waals surface area contributed by atoms with Gasteiger partial charge in [-0.15, -0.1) is 0 Å².